The van der Waals surface area contributed by atoms with Gasteiger partial charge in [0, 0.05) is 16.2 Å². The summed E-state index contributed by atoms with van der Waals surface area (Å²) in [5.74, 6) is 0. The third-order valence-corrected chi connectivity index (χ3v) is 5.23. The number of benzene rings is 1. The second-order valence-corrected chi connectivity index (χ2v) is 7.29. The van der Waals surface area contributed by atoms with Crippen molar-refractivity contribution in [2.24, 2.45) is 0 Å². The van der Waals surface area contributed by atoms with E-state index >= 15 is 0 Å². The summed E-state index contributed by atoms with van der Waals surface area (Å²) in [6, 6.07) is 9.36. The van der Waals surface area contributed by atoms with Crippen LogP contribution in [0.5, 0.6) is 0 Å². The molecule has 0 aromatic heterocycles. The van der Waals surface area contributed by atoms with Crippen LogP contribution in [0.25, 0.3) is 0 Å². The first kappa shape index (κ1) is 17.2. The van der Waals surface area contributed by atoms with E-state index < -0.39 is 0 Å². The molecule has 3 heteroatoms. The summed E-state index contributed by atoms with van der Waals surface area (Å²) in [6.45, 7) is 6.25. The fraction of sp³-hybridized carbons (Fsp3) is 0.667. The fourth-order valence-corrected chi connectivity index (χ4v) is 3.83. The van der Waals surface area contributed by atoms with E-state index in [1.807, 2.05) is 0 Å². The van der Waals surface area contributed by atoms with Gasteiger partial charge in [0.05, 0.1) is 5.60 Å². The molecular weight excluding hydrogens is 373 g/mol. The Morgan fingerprint density at radius 2 is 1.86 bits per heavy atom. The average molecular weight is 401 g/mol. The molecule has 1 N–H and O–H groups in total. The van der Waals surface area contributed by atoms with Gasteiger partial charge >= 0.3 is 0 Å². The van der Waals surface area contributed by atoms with Gasteiger partial charge in [0.1, 0.15) is 0 Å². The Labute approximate surface area is 143 Å². The Morgan fingerprint density at radius 3 is 2.43 bits per heavy atom. The zero-order chi connectivity index (χ0) is 15.1. The lowest BCUT2D eigenvalue weighted by molar-refractivity contribution is -0.0612. The lowest BCUT2D eigenvalue weighted by atomic mass is 9.87. The van der Waals surface area contributed by atoms with E-state index in [-0.39, 0.29) is 5.60 Å². The van der Waals surface area contributed by atoms with Crippen LogP contribution in [-0.2, 0) is 11.2 Å². The number of rotatable bonds is 8. The molecule has 0 spiro atoms. The molecule has 0 radical (unpaired) electrons. The van der Waals surface area contributed by atoms with E-state index in [1.54, 1.807) is 0 Å². The quantitative estimate of drug-likeness (QED) is 0.646. The highest BCUT2D eigenvalue weighted by Crippen LogP contribution is 2.37. The van der Waals surface area contributed by atoms with Crippen molar-refractivity contribution >= 4 is 22.6 Å². The molecule has 1 aromatic rings. The maximum atomic E-state index is 6.28. The van der Waals surface area contributed by atoms with E-state index in [2.05, 4.69) is 66.0 Å². The second-order valence-electron chi connectivity index (χ2n) is 6.04. The normalized spacial score (nSPS) is 18.8. The molecule has 1 unspecified atom stereocenters. The predicted octanol–water partition coefficient (Wildman–Crippen LogP) is 4.55. The Kier molecular flexibility index (Phi) is 6.96. The molecule has 1 aliphatic rings. The minimum Gasteiger partial charge on any atom is -0.374 e. The van der Waals surface area contributed by atoms with Gasteiger partial charge in [0.15, 0.2) is 0 Å². The van der Waals surface area contributed by atoms with Crippen molar-refractivity contribution in [3.8, 4) is 0 Å². The Hall–Kier alpha value is -0.130. The molecule has 21 heavy (non-hydrogen) atoms. The molecule has 1 fully saturated rings. The van der Waals surface area contributed by atoms with Crippen molar-refractivity contribution in [1.82, 2.24) is 5.32 Å². The second kappa shape index (κ2) is 8.49. The molecule has 1 saturated carbocycles. The SMILES string of the molecule is CCCNC(Cc1ccc(I)cc1)C1(OCC)CCCC1. The van der Waals surface area contributed by atoms with Gasteiger partial charge in [-0.1, -0.05) is 31.9 Å². The molecule has 0 aliphatic heterocycles. The standard InChI is InChI=1S/C18H28INO/c1-3-13-20-17(14-15-7-9-16(19)10-8-15)18(21-4-2)11-5-6-12-18/h7-10,17,20H,3-6,11-14H2,1-2H3. The molecule has 1 aliphatic carbocycles. The average Bonchev–Trinajstić information content (AvgIpc) is 2.95. The number of ether oxygens (including phenoxy) is 1. The Morgan fingerprint density at radius 1 is 1.19 bits per heavy atom. The van der Waals surface area contributed by atoms with E-state index in [4.69, 9.17) is 4.74 Å². The van der Waals surface area contributed by atoms with E-state index in [0.717, 1.165) is 19.6 Å². The summed E-state index contributed by atoms with van der Waals surface area (Å²) < 4.78 is 7.58. The van der Waals surface area contributed by atoms with E-state index in [0.29, 0.717) is 6.04 Å². The highest BCUT2D eigenvalue weighted by molar-refractivity contribution is 14.1. The van der Waals surface area contributed by atoms with Crippen LogP contribution in [-0.4, -0.2) is 24.8 Å². The maximum absolute atomic E-state index is 6.28. The Balaban J connectivity index is 2.13. The Bertz CT molecular complexity index is 412. The summed E-state index contributed by atoms with van der Waals surface area (Å²) in [7, 11) is 0. The largest absolute Gasteiger partial charge is 0.374 e. The zero-order valence-electron chi connectivity index (χ0n) is 13.3. The van der Waals surface area contributed by atoms with E-state index in [9.17, 15) is 0 Å². The molecule has 0 bridgehead atoms. The lowest BCUT2D eigenvalue weighted by Gasteiger charge is -2.38. The van der Waals surface area contributed by atoms with Crippen LogP contribution < -0.4 is 5.32 Å². The van der Waals surface area contributed by atoms with Crippen LogP contribution in [0, 0.1) is 3.57 Å². The van der Waals surface area contributed by atoms with Crippen molar-refractivity contribution in [3.63, 3.8) is 0 Å². The number of nitrogens with one attached hydrogen (secondary N) is 1. The van der Waals surface area contributed by atoms with Crippen molar-refractivity contribution in [1.29, 1.82) is 0 Å². The van der Waals surface area contributed by atoms with Crippen molar-refractivity contribution in [3.05, 3.63) is 33.4 Å². The summed E-state index contributed by atoms with van der Waals surface area (Å²) in [5, 5.41) is 3.77. The minimum absolute atomic E-state index is 0.0485. The summed E-state index contributed by atoms with van der Waals surface area (Å²) in [5.41, 5.74) is 1.46. The molecule has 1 atom stereocenters. The predicted molar refractivity (Wildman–Crippen MR) is 97.8 cm³/mol. The topological polar surface area (TPSA) is 21.3 Å². The third kappa shape index (κ3) is 4.67. The number of hydrogen-bond donors (Lipinski definition) is 1. The third-order valence-electron chi connectivity index (χ3n) is 4.51. The first-order valence-corrected chi connectivity index (χ1v) is 9.40. The molecule has 0 saturated heterocycles. The van der Waals surface area contributed by atoms with Crippen molar-refractivity contribution in [2.75, 3.05) is 13.2 Å². The van der Waals surface area contributed by atoms with Gasteiger partial charge in [-0.15, -0.1) is 0 Å². The molecule has 2 nitrogen and oxygen atoms in total. The van der Waals surface area contributed by atoms with Crippen LogP contribution >= 0.6 is 22.6 Å². The number of hydrogen-bond acceptors (Lipinski definition) is 2. The highest BCUT2D eigenvalue weighted by Gasteiger charge is 2.41. The van der Waals surface area contributed by atoms with Gasteiger partial charge in [-0.25, -0.2) is 0 Å². The first-order chi connectivity index (χ1) is 10.2. The van der Waals surface area contributed by atoms with Crippen LogP contribution in [0.1, 0.15) is 51.5 Å². The van der Waals surface area contributed by atoms with Gasteiger partial charge < -0.3 is 10.1 Å². The van der Waals surface area contributed by atoms with Crippen LogP contribution in [0.4, 0.5) is 0 Å². The highest BCUT2D eigenvalue weighted by atomic mass is 127. The van der Waals surface area contributed by atoms with Gasteiger partial charge in [-0.3, -0.25) is 0 Å². The molecule has 0 amide bonds. The minimum atomic E-state index is 0.0485. The molecule has 1 aromatic carbocycles. The van der Waals surface area contributed by atoms with Crippen molar-refractivity contribution < 1.29 is 4.74 Å². The molecule has 118 valence electrons. The lowest BCUT2D eigenvalue weighted by Crippen LogP contribution is -2.52. The molecule has 2 rings (SSSR count). The summed E-state index contributed by atoms with van der Waals surface area (Å²) in [6.07, 6.45) is 7.25. The molecular formula is C18H28INO. The monoisotopic (exact) mass is 401 g/mol. The van der Waals surface area contributed by atoms with Crippen LogP contribution in [0.2, 0.25) is 0 Å². The first-order valence-electron chi connectivity index (χ1n) is 8.32. The fourth-order valence-electron chi connectivity index (χ4n) is 3.47. The van der Waals surface area contributed by atoms with Gasteiger partial charge in [-0.2, -0.15) is 0 Å². The van der Waals surface area contributed by atoms with Gasteiger partial charge in [0.25, 0.3) is 0 Å². The van der Waals surface area contributed by atoms with Gasteiger partial charge in [0.2, 0.25) is 0 Å². The van der Waals surface area contributed by atoms with E-state index in [1.165, 1.54) is 41.2 Å². The van der Waals surface area contributed by atoms with Crippen LogP contribution in [0.3, 0.4) is 0 Å². The molecule has 0 heterocycles. The summed E-state index contributed by atoms with van der Waals surface area (Å²) in [4.78, 5) is 0. The van der Waals surface area contributed by atoms with Crippen molar-refractivity contribution in [2.45, 2.75) is 64.0 Å². The van der Waals surface area contributed by atoms with Crippen LogP contribution in [0.15, 0.2) is 24.3 Å². The zero-order valence-corrected chi connectivity index (χ0v) is 15.5. The van der Waals surface area contributed by atoms with Gasteiger partial charge in [-0.05, 0) is 79.4 Å². The maximum Gasteiger partial charge on any atom is 0.0837 e. The number of halogens is 1. The summed E-state index contributed by atoms with van der Waals surface area (Å²) >= 11 is 2.37. The smallest absolute Gasteiger partial charge is 0.0837 e.